The molecule has 1 heterocycles. The topological polar surface area (TPSA) is 21.7 Å². The first-order valence-corrected chi connectivity index (χ1v) is 7.82. The fourth-order valence-corrected chi connectivity index (χ4v) is 3.04. The van der Waals surface area contributed by atoms with E-state index in [1.807, 2.05) is 0 Å². The molecule has 1 saturated heterocycles. The molecule has 0 aromatic carbocycles. The lowest BCUT2D eigenvalue weighted by molar-refractivity contribution is 0.00420. The standard InChI is InChI=1S/C13H26BrNO2/c1-3-15(7-10-16-4-2)12-13(11-14)5-8-17-9-6-13/h3-12H2,1-2H3. The molecule has 1 aliphatic rings. The van der Waals surface area contributed by atoms with E-state index in [4.69, 9.17) is 9.47 Å². The van der Waals surface area contributed by atoms with Crippen molar-refractivity contribution in [2.75, 3.05) is 51.4 Å². The van der Waals surface area contributed by atoms with Gasteiger partial charge >= 0.3 is 0 Å². The predicted molar refractivity (Wildman–Crippen MR) is 74.9 cm³/mol. The Morgan fingerprint density at radius 3 is 2.53 bits per heavy atom. The van der Waals surface area contributed by atoms with Crippen LogP contribution in [0, 0.1) is 5.41 Å². The van der Waals surface area contributed by atoms with E-state index in [1.54, 1.807) is 0 Å². The maximum atomic E-state index is 5.48. The molecule has 0 amide bonds. The van der Waals surface area contributed by atoms with Crippen LogP contribution < -0.4 is 0 Å². The number of alkyl halides is 1. The van der Waals surface area contributed by atoms with Crippen molar-refractivity contribution in [1.82, 2.24) is 4.90 Å². The molecule has 1 aliphatic heterocycles. The monoisotopic (exact) mass is 307 g/mol. The Morgan fingerprint density at radius 2 is 2.00 bits per heavy atom. The zero-order valence-corrected chi connectivity index (χ0v) is 12.8. The van der Waals surface area contributed by atoms with Crippen LogP contribution in [0.4, 0.5) is 0 Å². The molecule has 0 radical (unpaired) electrons. The minimum Gasteiger partial charge on any atom is -0.381 e. The van der Waals surface area contributed by atoms with E-state index >= 15 is 0 Å². The quantitative estimate of drug-likeness (QED) is 0.508. The van der Waals surface area contributed by atoms with Gasteiger partial charge in [0.15, 0.2) is 0 Å². The Labute approximate surface area is 114 Å². The normalized spacial score (nSPS) is 19.8. The van der Waals surface area contributed by atoms with Crippen LogP contribution in [-0.4, -0.2) is 56.3 Å². The van der Waals surface area contributed by atoms with E-state index in [0.717, 1.165) is 51.4 Å². The summed E-state index contributed by atoms with van der Waals surface area (Å²) in [6, 6.07) is 0. The number of hydrogen-bond acceptors (Lipinski definition) is 3. The number of likely N-dealkylation sites (N-methyl/N-ethyl adjacent to an activating group) is 1. The van der Waals surface area contributed by atoms with Gasteiger partial charge in [-0.2, -0.15) is 0 Å². The van der Waals surface area contributed by atoms with Crippen molar-refractivity contribution in [3.63, 3.8) is 0 Å². The molecule has 1 rings (SSSR count). The van der Waals surface area contributed by atoms with Gasteiger partial charge in [-0.3, -0.25) is 0 Å². The SMILES string of the molecule is CCOCCN(CC)CC1(CBr)CCOCC1. The second-order valence-corrected chi connectivity index (χ2v) is 5.37. The molecule has 4 heteroatoms. The highest BCUT2D eigenvalue weighted by Gasteiger charge is 2.32. The molecule has 1 fully saturated rings. The molecule has 0 aromatic rings. The lowest BCUT2D eigenvalue weighted by atomic mass is 9.82. The lowest BCUT2D eigenvalue weighted by Gasteiger charge is -2.39. The van der Waals surface area contributed by atoms with E-state index in [0.29, 0.717) is 5.41 Å². The zero-order chi connectivity index (χ0) is 12.6. The Bertz CT molecular complexity index is 196. The number of nitrogens with zero attached hydrogens (tertiary/aromatic N) is 1. The van der Waals surface area contributed by atoms with Crippen molar-refractivity contribution in [2.24, 2.45) is 5.41 Å². The van der Waals surface area contributed by atoms with Gasteiger partial charge in [-0.25, -0.2) is 0 Å². The molecule has 0 aliphatic carbocycles. The van der Waals surface area contributed by atoms with Crippen LogP contribution in [0.25, 0.3) is 0 Å². The minimum atomic E-state index is 0.403. The van der Waals surface area contributed by atoms with Crippen LogP contribution in [0.15, 0.2) is 0 Å². The summed E-state index contributed by atoms with van der Waals surface area (Å²) in [5.41, 5.74) is 0.403. The Balaban J connectivity index is 2.40. The third-order valence-corrected chi connectivity index (χ3v) is 4.79. The Morgan fingerprint density at radius 1 is 1.29 bits per heavy atom. The fourth-order valence-electron chi connectivity index (χ4n) is 2.30. The minimum absolute atomic E-state index is 0.403. The molecule has 0 saturated carbocycles. The summed E-state index contributed by atoms with van der Waals surface area (Å²) in [4.78, 5) is 2.50. The largest absolute Gasteiger partial charge is 0.381 e. The summed E-state index contributed by atoms with van der Waals surface area (Å²) < 4.78 is 10.9. The highest BCUT2D eigenvalue weighted by Crippen LogP contribution is 2.33. The Kier molecular flexibility index (Phi) is 7.67. The van der Waals surface area contributed by atoms with Crippen molar-refractivity contribution in [2.45, 2.75) is 26.7 Å². The number of hydrogen-bond donors (Lipinski definition) is 0. The third-order valence-electron chi connectivity index (χ3n) is 3.60. The Hall–Kier alpha value is 0.360. The molecule has 17 heavy (non-hydrogen) atoms. The maximum absolute atomic E-state index is 5.48. The summed E-state index contributed by atoms with van der Waals surface area (Å²) >= 11 is 3.69. The third kappa shape index (κ3) is 5.25. The summed E-state index contributed by atoms with van der Waals surface area (Å²) in [6.45, 7) is 11.1. The van der Waals surface area contributed by atoms with Crippen molar-refractivity contribution in [3.8, 4) is 0 Å². The van der Waals surface area contributed by atoms with E-state index in [2.05, 4.69) is 34.7 Å². The van der Waals surface area contributed by atoms with Gasteiger partial charge in [0.1, 0.15) is 0 Å². The van der Waals surface area contributed by atoms with E-state index in [9.17, 15) is 0 Å². The summed E-state index contributed by atoms with van der Waals surface area (Å²) in [5, 5.41) is 1.08. The van der Waals surface area contributed by atoms with Crippen molar-refractivity contribution >= 4 is 15.9 Å². The number of rotatable bonds is 8. The molecule has 0 bridgehead atoms. The van der Waals surface area contributed by atoms with Gasteiger partial charge in [-0.15, -0.1) is 0 Å². The van der Waals surface area contributed by atoms with E-state index in [-0.39, 0.29) is 0 Å². The first kappa shape index (κ1) is 15.4. The molecular weight excluding hydrogens is 282 g/mol. The summed E-state index contributed by atoms with van der Waals surface area (Å²) in [7, 11) is 0. The predicted octanol–water partition coefficient (Wildman–Crippen LogP) is 2.54. The molecular formula is C13H26BrNO2. The fraction of sp³-hybridized carbons (Fsp3) is 1.00. The number of halogens is 1. The highest BCUT2D eigenvalue weighted by atomic mass is 79.9. The van der Waals surface area contributed by atoms with Gasteiger partial charge in [0.2, 0.25) is 0 Å². The van der Waals surface area contributed by atoms with Gasteiger partial charge in [0.05, 0.1) is 6.61 Å². The smallest absolute Gasteiger partial charge is 0.0593 e. The zero-order valence-electron chi connectivity index (χ0n) is 11.2. The van der Waals surface area contributed by atoms with Crippen LogP contribution in [0.3, 0.4) is 0 Å². The molecule has 0 aromatic heterocycles. The average Bonchev–Trinajstić information content (AvgIpc) is 2.39. The molecule has 0 N–H and O–H groups in total. The molecule has 3 nitrogen and oxygen atoms in total. The first-order valence-electron chi connectivity index (χ1n) is 6.70. The average molecular weight is 308 g/mol. The maximum Gasteiger partial charge on any atom is 0.0593 e. The summed E-state index contributed by atoms with van der Waals surface area (Å²) in [6.07, 6.45) is 2.34. The highest BCUT2D eigenvalue weighted by molar-refractivity contribution is 9.09. The van der Waals surface area contributed by atoms with Crippen molar-refractivity contribution in [3.05, 3.63) is 0 Å². The van der Waals surface area contributed by atoms with Crippen molar-refractivity contribution in [1.29, 1.82) is 0 Å². The molecule has 0 unspecified atom stereocenters. The molecule has 0 atom stereocenters. The van der Waals surface area contributed by atoms with Gasteiger partial charge in [-0.05, 0) is 31.7 Å². The lowest BCUT2D eigenvalue weighted by Crippen LogP contribution is -2.43. The first-order chi connectivity index (χ1) is 8.26. The molecule has 0 spiro atoms. The van der Waals surface area contributed by atoms with Crippen LogP contribution in [0.5, 0.6) is 0 Å². The van der Waals surface area contributed by atoms with Gasteiger partial charge < -0.3 is 14.4 Å². The second-order valence-electron chi connectivity index (χ2n) is 4.81. The van der Waals surface area contributed by atoms with Gasteiger partial charge in [0, 0.05) is 38.2 Å². The van der Waals surface area contributed by atoms with E-state index in [1.165, 1.54) is 12.8 Å². The van der Waals surface area contributed by atoms with Crippen LogP contribution >= 0.6 is 15.9 Å². The molecule has 102 valence electrons. The van der Waals surface area contributed by atoms with Crippen LogP contribution in [0.2, 0.25) is 0 Å². The van der Waals surface area contributed by atoms with E-state index < -0.39 is 0 Å². The van der Waals surface area contributed by atoms with Crippen LogP contribution in [0.1, 0.15) is 26.7 Å². The number of ether oxygens (including phenoxy) is 2. The van der Waals surface area contributed by atoms with Gasteiger partial charge in [-0.1, -0.05) is 22.9 Å². The van der Waals surface area contributed by atoms with Gasteiger partial charge in [0.25, 0.3) is 0 Å². The van der Waals surface area contributed by atoms with Crippen LogP contribution in [-0.2, 0) is 9.47 Å². The second kappa shape index (κ2) is 8.46. The van der Waals surface area contributed by atoms with Crippen molar-refractivity contribution < 1.29 is 9.47 Å². The summed E-state index contributed by atoms with van der Waals surface area (Å²) in [5.74, 6) is 0.